The van der Waals surface area contributed by atoms with Crippen molar-refractivity contribution in [1.29, 1.82) is 0 Å². The van der Waals surface area contributed by atoms with E-state index < -0.39 is 10.0 Å². The van der Waals surface area contributed by atoms with Gasteiger partial charge in [-0.25, -0.2) is 8.42 Å². The molecule has 6 nitrogen and oxygen atoms in total. The van der Waals surface area contributed by atoms with E-state index in [4.69, 9.17) is 0 Å². The van der Waals surface area contributed by atoms with E-state index in [1.807, 2.05) is 31.2 Å². The van der Waals surface area contributed by atoms with Gasteiger partial charge in [0.1, 0.15) is 0 Å². The fourth-order valence-electron chi connectivity index (χ4n) is 2.79. The van der Waals surface area contributed by atoms with Crippen LogP contribution >= 0.6 is 0 Å². The molecule has 1 aromatic carbocycles. The Hall–Kier alpha value is -1.60. The number of hydrogen-bond acceptors (Lipinski definition) is 4. The maximum atomic E-state index is 12.1. The first-order valence-corrected chi connectivity index (χ1v) is 10.3. The van der Waals surface area contributed by atoms with Crippen LogP contribution in [0.1, 0.15) is 32.6 Å². The zero-order chi connectivity index (χ0) is 17.6. The second-order valence-corrected chi connectivity index (χ2v) is 8.22. The summed E-state index contributed by atoms with van der Waals surface area (Å²) in [5.74, 6) is -0.314. The summed E-state index contributed by atoms with van der Waals surface area (Å²) in [6.07, 6.45) is 5.20. The Bertz CT molecular complexity index is 638. The number of hydrogen-bond donors (Lipinski definition) is 1. The van der Waals surface area contributed by atoms with Crippen molar-refractivity contribution in [3.05, 3.63) is 24.3 Å². The molecule has 1 aromatic rings. The first kappa shape index (κ1) is 18.7. The molecule has 0 aliphatic carbocycles. The van der Waals surface area contributed by atoms with E-state index in [0.717, 1.165) is 37.9 Å². The van der Waals surface area contributed by atoms with Gasteiger partial charge in [-0.1, -0.05) is 13.3 Å². The number of sulfonamides is 1. The molecule has 1 aliphatic rings. The lowest BCUT2D eigenvalue weighted by atomic mass is 10.2. The summed E-state index contributed by atoms with van der Waals surface area (Å²) in [5.41, 5.74) is 1.85. The third-order valence-corrected chi connectivity index (χ3v) is 5.42. The average molecular weight is 353 g/mol. The Labute approximate surface area is 144 Å². The van der Waals surface area contributed by atoms with Crippen molar-refractivity contribution in [3.63, 3.8) is 0 Å². The number of amides is 1. The number of nitrogens with zero attached hydrogens (tertiary/aromatic N) is 2. The predicted octanol–water partition coefficient (Wildman–Crippen LogP) is 2.29. The third kappa shape index (κ3) is 5.49. The van der Waals surface area contributed by atoms with E-state index in [1.54, 1.807) is 0 Å². The Morgan fingerprint density at radius 2 is 1.83 bits per heavy atom. The van der Waals surface area contributed by atoms with Gasteiger partial charge in [0.15, 0.2) is 0 Å². The molecule has 24 heavy (non-hydrogen) atoms. The van der Waals surface area contributed by atoms with Gasteiger partial charge in [-0.3, -0.25) is 4.79 Å². The van der Waals surface area contributed by atoms with E-state index in [9.17, 15) is 13.2 Å². The SMILES string of the molecule is CCCCN(CC(=O)Nc1ccc(N2CCCC2)cc1)S(C)(=O)=O. The Balaban J connectivity index is 1.92. The van der Waals surface area contributed by atoms with Crippen LogP contribution in [0, 0.1) is 0 Å². The van der Waals surface area contributed by atoms with Crippen LogP contribution in [0.4, 0.5) is 11.4 Å². The maximum absolute atomic E-state index is 12.1. The van der Waals surface area contributed by atoms with Gasteiger partial charge in [0.05, 0.1) is 12.8 Å². The molecule has 7 heteroatoms. The normalized spacial score (nSPS) is 15.0. The molecule has 1 aliphatic heterocycles. The lowest BCUT2D eigenvalue weighted by Gasteiger charge is -2.20. The van der Waals surface area contributed by atoms with Gasteiger partial charge in [-0.05, 0) is 43.5 Å². The molecule has 2 rings (SSSR count). The molecule has 0 saturated carbocycles. The monoisotopic (exact) mass is 353 g/mol. The minimum atomic E-state index is -3.38. The lowest BCUT2D eigenvalue weighted by molar-refractivity contribution is -0.116. The Morgan fingerprint density at radius 1 is 1.21 bits per heavy atom. The van der Waals surface area contributed by atoms with Crippen molar-refractivity contribution in [1.82, 2.24) is 4.31 Å². The molecule has 0 bridgehead atoms. The number of nitrogens with one attached hydrogen (secondary N) is 1. The predicted molar refractivity (Wildman–Crippen MR) is 97.8 cm³/mol. The number of unbranched alkanes of at least 4 members (excludes halogenated alkanes) is 1. The second-order valence-electron chi connectivity index (χ2n) is 6.24. The van der Waals surface area contributed by atoms with Gasteiger partial charge in [0, 0.05) is 31.0 Å². The van der Waals surface area contributed by atoms with Crippen LogP contribution in [0.3, 0.4) is 0 Å². The van der Waals surface area contributed by atoms with Gasteiger partial charge < -0.3 is 10.2 Å². The molecule has 0 spiro atoms. The van der Waals surface area contributed by atoms with Gasteiger partial charge >= 0.3 is 0 Å². The quantitative estimate of drug-likeness (QED) is 0.778. The molecule has 1 saturated heterocycles. The molecule has 1 amide bonds. The second kappa shape index (κ2) is 8.48. The highest BCUT2D eigenvalue weighted by Gasteiger charge is 2.19. The van der Waals surface area contributed by atoms with E-state index in [2.05, 4.69) is 10.2 Å². The van der Waals surface area contributed by atoms with E-state index >= 15 is 0 Å². The molecule has 1 heterocycles. The van der Waals surface area contributed by atoms with E-state index in [1.165, 1.54) is 17.1 Å². The fraction of sp³-hybridized carbons (Fsp3) is 0.588. The first-order valence-electron chi connectivity index (χ1n) is 8.50. The third-order valence-electron chi connectivity index (χ3n) is 4.17. The minimum absolute atomic E-state index is 0.146. The number of anilines is 2. The standard InChI is InChI=1S/C17H27N3O3S/c1-3-4-13-20(24(2,22)23)14-17(21)18-15-7-9-16(10-8-15)19-11-5-6-12-19/h7-10H,3-6,11-14H2,1-2H3,(H,18,21). The highest BCUT2D eigenvalue weighted by molar-refractivity contribution is 7.88. The molecule has 0 atom stereocenters. The van der Waals surface area contributed by atoms with Gasteiger partial charge in [0.25, 0.3) is 0 Å². The molecular formula is C17H27N3O3S. The van der Waals surface area contributed by atoms with Crippen LogP contribution in [0.5, 0.6) is 0 Å². The zero-order valence-corrected chi connectivity index (χ0v) is 15.3. The topological polar surface area (TPSA) is 69.7 Å². The number of benzene rings is 1. The van der Waals surface area contributed by atoms with E-state index in [0.29, 0.717) is 12.2 Å². The number of carbonyl (C=O) groups excluding carboxylic acids is 1. The van der Waals surface area contributed by atoms with Crippen LogP contribution in [0.2, 0.25) is 0 Å². The fourth-order valence-corrected chi connectivity index (χ4v) is 3.60. The van der Waals surface area contributed by atoms with E-state index in [-0.39, 0.29) is 12.5 Å². The Kier molecular flexibility index (Phi) is 6.62. The molecular weight excluding hydrogens is 326 g/mol. The molecule has 0 radical (unpaired) electrons. The average Bonchev–Trinajstić information content (AvgIpc) is 3.05. The summed E-state index contributed by atoms with van der Waals surface area (Å²) in [6.45, 7) is 4.37. The minimum Gasteiger partial charge on any atom is -0.372 e. The molecule has 0 aromatic heterocycles. The van der Waals surface area contributed by atoms with Crippen LogP contribution in [0.25, 0.3) is 0 Å². The van der Waals surface area contributed by atoms with Crippen molar-refractivity contribution in [3.8, 4) is 0 Å². The van der Waals surface area contributed by atoms with Crippen LogP contribution in [0.15, 0.2) is 24.3 Å². The molecule has 1 fully saturated rings. The van der Waals surface area contributed by atoms with Gasteiger partial charge in [0.2, 0.25) is 15.9 Å². The van der Waals surface area contributed by atoms with Crippen molar-refractivity contribution in [2.75, 3.05) is 42.7 Å². The summed E-state index contributed by atoms with van der Waals surface area (Å²) < 4.78 is 24.7. The van der Waals surface area contributed by atoms with Crippen LogP contribution in [-0.2, 0) is 14.8 Å². The summed E-state index contributed by atoms with van der Waals surface area (Å²) in [7, 11) is -3.38. The summed E-state index contributed by atoms with van der Waals surface area (Å²) in [4.78, 5) is 14.5. The van der Waals surface area contributed by atoms with Crippen molar-refractivity contribution >= 4 is 27.3 Å². The smallest absolute Gasteiger partial charge is 0.239 e. The van der Waals surface area contributed by atoms with Crippen molar-refractivity contribution < 1.29 is 13.2 Å². The van der Waals surface area contributed by atoms with Gasteiger partial charge in [-0.15, -0.1) is 0 Å². The number of rotatable bonds is 8. The molecule has 134 valence electrons. The number of carbonyl (C=O) groups is 1. The van der Waals surface area contributed by atoms with Crippen LogP contribution in [-0.4, -0.2) is 51.1 Å². The largest absolute Gasteiger partial charge is 0.372 e. The molecule has 1 N–H and O–H groups in total. The highest BCUT2D eigenvalue weighted by atomic mass is 32.2. The van der Waals surface area contributed by atoms with Crippen LogP contribution < -0.4 is 10.2 Å². The summed E-state index contributed by atoms with van der Waals surface area (Å²) in [6, 6.07) is 7.71. The molecule has 0 unspecified atom stereocenters. The first-order chi connectivity index (χ1) is 11.4. The zero-order valence-electron chi connectivity index (χ0n) is 14.5. The summed E-state index contributed by atoms with van der Waals surface area (Å²) in [5, 5.41) is 2.78. The maximum Gasteiger partial charge on any atom is 0.239 e. The summed E-state index contributed by atoms with van der Waals surface area (Å²) >= 11 is 0. The lowest BCUT2D eigenvalue weighted by Crippen LogP contribution is -2.38. The Morgan fingerprint density at radius 3 is 2.38 bits per heavy atom. The van der Waals surface area contributed by atoms with Crippen molar-refractivity contribution in [2.24, 2.45) is 0 Å². The van der Waals surface area contributed by atoms with Gasteiger partial charge in [-0.2, -0.15) is 4.31 Å². The highest BCUT2D eigenvalue weighted by Crippen LogP contribution is 2.22. The van der Waals surface area contributed by atoms with Crippen molar-refractivity contribution in [2.45, 2.75) is 32.6 Å².